The van der Waals surface area contributed by atoms with E-state index in [1.165, 1.54) is 0 Å². The lowest BCUT2D eigenvalue weighted by molar-refractivity contribution is -0.113. The standard InChI is InChI=1S/C17H17F2N3O2S/c1-8-9(2)15(16(20)24)17(21-10(8)3)25-7-14(23)22-13-6-11(18)4-5-12(13)19/h4-6H,7H2,1-3H3,(H2,20,24)(H,22,23). The van der Waals surface area contributed by atoms with Crippen molar-refractivity contribution in [3.63, 3.8) is 0 Å². The van der Waals surface area contributed by atoms with Crippen molar-refractivity contribution < 1.29 is 18.4 Å². The van der Waals surface area contributed by atoms with E-state index in [-0.39, 0.29) is 17.0 Å². The van der Waals surface area contributed by atoms with Crippen LogP contribution in [0.5, 0.6) is 0 Å². The molecule has 0 bridgehead atoms. The Bertz CT molecular complexity index is 856. The first-order chi connectivity index (χ1) is 11.7. The summed E-state index contributed by atoms with van der Waals surface area (Å²) < 4.78 is 26.7. The predicted molar refractivity (Wildman–Crippen MR) is 92.7 cm³/mol. The second-order valence-electron chi connectivity index (χ2n) is 5.45. The summed E-state index contributed by atoms with van der Waals surface area (Å²) in [6.07, 6.45) is 0. The molecule has 0 fully saturated rings. The molecule has 0 saturated carbocycles. The molecule has 1 heterocycles. The van der Waals surface area contributed by atoms with Crippen LogP contribution in [0.4, 0.5) is 14.5 Å². The van der Waals surface area contributed by atoms with E-state index < -0.39 is 23.4 Å². The Labute approximate surface area is 148 Å². The highest BCUT2D eigenvalue weighted by Gasteiger charge is 2.18. The zero-order valence-corrected chi connectivity index (χ0v) is 14.8. The number of pyridine rings is 1. The minimum atomic E-state index is -0.738. The molecule has 0 radical (unpaired) electrons. The van der Waals surface area contributed by atoms with Gasteiger partial charge in [-0.05, 0) is 44.0 Å². The molecule has 2 amide bonds. The van der Waals surface area contributed by atoms with Gasteiger partial charge in [-0.3, -0.25) is 9.59 Å². The number of nitrogens with zero attached hydrogens (tertiary/aromatic N) is 1. The average molecular weight is 365 g/mol. The van der Waals surface area contributed by atoms with Crippen LogP contribution in [0.3, 0.4) is 0 Å². The Morgan fingerprint density at radius 1 is 1.20 bits per heavy atom. The largest absolute Gasteiger partial charge is 0.366 e. The highest BCUT2D eigenvalue weighted by molar-refractivity contribution is 8.00. The Balaban J connectivity index is 2.17. The number of aryl methyl sites for hydroxylation is 1. The Kier molecular flexibility index (Phi) is 5.73. The zero-order chi connectivity index (χ0) is 18.7. The summed E-state index contributed by atoms with van der Waals surface area (Å²) in [5.74, 6) is -2.72. The number of carbonyl (C=O) groups is 2. The zero-order valence-electron chi connectivity index (χ0n) is 13.9. The van der Waals surface area contributed by atoms with Crippen LogP contribution >= 0.6 is 11.8 Å². The molecule has 1 aromatic heterocycles. The molecule has 0 aliphatic heterocycles. The minimum Gasteiger partial charge on any atom is -0.366 e. The number of aromatic nitrogens is 1. The van der Waals surface area contributed by atoms with Gasteiger partial charge in [-0.1, -0.05) is 11.8 Å². The van der Waals surface area contributed by atoms with Crippen LogP contribution in [0.1, 0.15) is 27.2 Å². The second kappa shape index (κ2) is 7.60. The van der Waals surface area contributed by atoms with E-state index in [1.807, 2.05) is 6.92 Å². The summed E-state index contributed by atoms with van der Waals surface area (Å²) in [7, 11) is 0. The number of nitrogens with two attached hydrogens (primary N) is 1. The molecule has 0 saturated heterocycles. The number of hydrogen-bond donors (Lipinski definition) is 2. The summed E-state index contributed by atoms with van der Waals surface area (Å²) in [4.78, 5) is 28.0. The van der Waals surface area contributed by atoms with E-state index in [1.54, 1.807) is 13.8 Å². The normalized spacial score (nSPS) is 10.6. The van der Waals surface area contributed by atoms with Crippen LogP contribution in [-0.2, 0) is 4.79 Å². The van der Waals surface area contributed by atoms with Gasteiger partial charge in [-0.25, -0.2) is 13.8 Å². The van der Waals surface area contributed by atoms with Gasteiger partial charge in [0, 0.05) is 11.8 Å². The number of halogens is 2. The van der Waals surface area contributed by atoms with Gasteiger partial charge in [0.1, 0.15) is 16.7 Å². The first-order valence-electron chi connectivity index (χ1n) is 7.36. The number of thioether (sulfide) groups is 1. The van der Waals surface area contributed by atoms with Crippen LogP contribution in [0.25, 0.3) is 0 Å². The van der Waals surface area contributed by atoms with Gasteiger partial charge in [-0.15, -0.1) is 0 Å². The Morgan fingerprint density at radius 2 is 1.88 bits per heavy atom. The fourth-order valence-electron chi connectivity index (χ4n) is 2.22. The van der Waals surface area contributed by atoms with Crippen molar-refractivity contribution in [1.29, 1.82) is 0 Å². The van der Waals surface area contributed by atoms with Crippen molar-refractivity contribution in [3.05, 3.63) is 52.2 Å². The van der Waals surface area contributed by atoms with Gasteiger partial charge >= 0.3 is 0 Å². The first kappa shape index (κ1) is 18.9. The highest BCUT2D eigenvalue weighted by Crippen LogP contribution is 2.27. The molecule has 5 nitrogen and oxygen atoms in total. The smallest absolute Gasteiger partial charge is 0.251 e. The number of amides is 2. The summed E-state index contributed by atoms with van der Waals surface area (Å²) in [5.41, 5.74) is 7.72. The number of primary amides is 1. The minimum absolute atomic E-state index is 0.134. The van der Waals surface area contributed by atoms with Crippen LogP contribution in [0.2, 0.25) is 0 Å². The van der Waals surface area contributed by atoms with Crippen LogP contribution in [0, 0.1) is 32.4 Å². The maximum absolute atomic E-state index is 13.6. The number of nitrogens with one attached hydrogen (secondary N) is 1. The van der Waals surface area contributed by atoms with Gasteiger partial charge in [0.05, 0.1) is 17.0 Å². The Hall–Kier alpha value is -2.48. The quantitative estimate of drug-likeness (QED) is 0.798. The molecule has 0 atom stereocenters. The number of anilines is 1. The summed E-state index contributed by atoms with van der Waals surface area (Å²) in [6, 6.07) is 2.78. The molecular weight excluding hydrogens is 348 g/mol. The van der Waals surface area contributed by atoms with E-state index in [4.69, 9.17) is 5.73 Å². The molecule has 0 aliphatic carbocycles. The first-order valence-corrected chi connectivity index (χ1v) is 8.34. The second-order valence-corrected chi connectivity index (χ2v) is 6.42. The lowest BCUT2D eigenvalue weighted by Gasteiger charge is -2.13. The SMILES string of the molecule is Cc1nc(SCC(=O)Nc2cc(F)ccc2F)c(C(N)=O)c(C)c1C. The van der Waals surface area contributed by atoms with Gasteiger partial charge < -0.3 is 11.1 Å². The lowest BCUT2D eigenvalue weighted by Crippen LogP contribution is -2.19. The van der Waals surface area contributed by atoms with Crippen LogP contribution in [-0.4, -0.2) is 22.6 Å². The summed E-state index contributed by atoms with van der Waals surface area (Å²) in [5, 5.41) is 2.63. The maximum Gasteiger partial charge on any atom is 0.251 e. The molecule has 0 unspecified atom stereocenters. The van der Waals surface area contributed by atoms with Gasteiger partial charge in [-0.2, -0.15) is 0 Å². The van der Waals surface area contributed by atoms with Crippen molar-refractivity contribution in [2.24, 2.45) is 5.73 Å². The molecule has 2 rings (SSSR count). The van der Waals surface area contributed by atoms with Gasteiger partial charge in [0.25, 0.3) is 5.91 Å². The Morgan fingerprint density at radius 3 is 2.52 bits per heavy atom. The third kappa shape index (κ3) is 4.33. The van der Waals surface area contributed by atoms with Crippen molar-refractivity contribution in [2.75, 3.05) is 11.1 Å². The summed E-state index contributed by atoms with van der Waals surface area (Å²) >= 11 is 1.01. The van der Waals surface area contributed by atoms with Crippen molar-refractivity contribution in [3.8, 4) is 0 Å². The predicted octanol–water partition coefficient (Wildman–Crippen LogP) is 3.11. The molecule has 132 valence electrons. The highest BCUT2D eigenvalue weighted by atomic mass is 32.2. The maximum atomic E-state index is 13.6. The number of benzene rings is 1. The van der Waals surface area contributed by atoms with Crippen LogP contribution < -0.4 is 11.1 Å². The monoisotopic (exact) mass is 365 g/mol. The third-order valence-corrected chi connectivity index (χ3v) is 4.73. The summed E-state index contributed by atoms with van der Waals surface area (Å²) in [6.45, 7) is 5.38. The van der Waals surface area contributed by atoms with Crippen molar-refractivity contribution in [1.82, 2.24) is 4.98 Å². The van der Waals surface area contributed by atoms with E-state index in [0.29, 0.717) is 10.6 Å². The molecule has 25 heavy (non-hydrogen) atoms. The van der Waals surface area contributed by atoms with Crippen molar-refractivity contribution >= 4 is 29.3 Å². The van der Waals surface area contributed by atoms with E-state index >= 15 is 0 Å². The fraction of sp³-hybridized carbons (Fsp3) is 0.235. The molecule has 0 aliphatic rings. The van der Waals surface area contributed by atoms with E-state index in [2.05, 4.69) is 10.3 Å². The third-order valence-electron chi connectivity index (χ3n) is 3.75. The molecule has 3 N–H and O–H groups in total. The molecule has 0 spiro atoms. The van der Waals surface area contributed by atoms with Gasteiger partial charge in [0.15, 0.2) is 0 Å². The van der Waals surface area contributed by atoms with E-state index in [0.717, 1.165) is 41.2 Å². The fourth-order valence-corrected chi connectivity index (χ4v) is 3.16. The average Bonchev–Trinajstić information content (AvgIpc) is 2.53. The van der Waals surface area contributed by atoms with Crippen molar-refractivity contribution in [2.45, 2.75) is 25.8 Å². The molecule has 1 aromatic carbocycles. The van der Waals surface area contributed by atoms with E-state index in [9.17, 15) is 18.4 Å². The number of rotatable bonds is 5. The van der Waals surface area contributed by atoms with Gasteiger partial charge in [0.2, 0.25) is 5.91 Å². The molecule has 8 heteroatoms. The molecule has 2 aromatic rings. The van der Waals surface area contributed by atoms with Crippen LogP contribution in [0.15, 0.2) is 23.2 Å². The molecular formula is C17H17F2N3O2S. The lowest BCUT2D eigenvalue weighted by atomic mass is 10.0. The number of carbonyl (C=O) groups excluding carboxylic acids is 2. The number of hydrogen-bond acceptors (Lipinski definition) is 4. The topological polar surface area (TPSA) is 85.1 Å².